The summed E-state index contributed by atoms with van der Waals surface area (Å²) in [7, 11) is 4.32. The molecule has 0 spiro atoms. The smallest absolute Gasteiger partial charge is 0.181 e. The Bertz CT molecular complexity index is 1200. The van der Waals surface area contributed by atoms with Crippen molar-refractivity contribution >= 4 is 16.7 Å². The van der Waals surface area contributed by atoms with E-state index in [-0.39, 0.29) is 42.7 Å². The highest BCUT2D eigenvalue weighted by Gasteiger charge is 2.48. The summed E-state index contributed by atoms with van der Waals surface area (Å²) in [6, 6.07) is 10.9. The molecule has 0 radical (unpaired) electrons. The van der Waals surface area contributed by atoms with E-state index >= 15 is 0 Å². The summed E-state index contributed by atoms with van der Waals surface area (Å²) in [4.78, 5) is 18.2. The first-order chi connectivity index (χ1) is 15.8. The number of benzene rings is 1. The van der Waals surface area contributed by atoms with Gasteiger partial charge >= 0.3 is 0 Å². The lowest BCUT2D eigenvalue weighted by atomic mass is 9.68. The molecule has 0 saturated carbocycles. The van der Waals surface area contributed by atoms with Crippen molar-refractivity contribution < 1.29 is 20.1 Å². The van der Waals surface area contributed by atoms with Crippen LogP contribution in [-0.2, 0) is 13.5 Å². The zero-order chi connectivity index (χ0) is 23.4. The van der Waals surface area contributed by atoms with Gasteiger partial charge in [-0.1, -0.05) is 18.2 Å². The fraction of sp³-hybridized carbons (Fsp3) is 0.500. The molecule has 2 aliphatic heterocycles. The van der Waals surface area contributed by atoms with Crippen molar-refractivity contribution in [1.82, 2.24) is 14.5 Å². The number of hydrogen-bond acceptors (Lipinski definition) is 5. The van der Waals surface area contributed by atoms with Crippen LogP contribution < -0.4 is 0 Å². The Morgan fingerprint density at radius 1 is 1.24 bits per heavy atom. The maximum atomic E-state index is 12.6. The van der Waals surface area contributed by atoms with Crippen molar-refractivity contribution in [3.8, 4) is 0 Å². The van der Waals surface area contributed by atoms with E-state index in [1.165, 1.54) is 22.2 Å². The number of aryl methyl sites for hydroxylation is 2. The Morgan fingerprint density at radius 3 is 2.73 bits per heavy atom. The highest BCUT2D eigenvalue weighted by Crippen LogP contribution is 2.51. The molecule has 1 aromatic carbocycles. The van der Waals surface area contributed by atoms with Crippen LogP contribution >= 0.6 is 0 Å². The highest BCUT2D eigenvalue weighted by molar-refractivity contribution is 5.95. The lowest BCUT2D eigenvalue weighted by Gasteiger charge is -2.51. The van der Waals surface area contributed by atoms with E-state index in [0.717, 1.165) is 24.1 Å². The van der Waals surface area contributed by atoms with Crippen LogP contribution in [0.25, 0.3) is 10.9 Å². The van der Waals surface area contributed by atoms with Gasteiger partial charge in [0, 0.05) is 54.3 Å². The van der Waals surface area contributed by atoms with E-state index in [9.17, 15) is 15.0 Å². The molecule has 5 atom stereocenters. The van der Waals surface area contributed by atoms with E-state index in [1.54, 1.807) is 0 Å². The number of carbonyl (C=O) groups excluding carboxylic acids is 1. The maximum Gasteiger partial charge on any atom is 0.181 e. The highest BCUT2D eigenvalue weighted by atomic mass is 16.3. The molecular weight excluding hydrogens is 418 g/mol. The number of Topliss-reactive ketones (excluding diaryl/α,β-unsaturated/α-hetero) is 1. The largest absolute Gasteiger partial charge is 0.396 e. The Kier molecular flexibility index (Phi) is 5.69. The SMILES string of the molecule is Cc1[nH]c(C(=O)CC(O)CO)cc1[C@@H]1C[C@H]2c3c(c4ccccc4n3C)C[C@@H]([C@@H]1CO)N2C. The number of H-pyrrole nitrogens is 1. The van der Waals surface area contributed by atoms with Gasteiger partial charge in [0.1, 0.15) is 0 Å². The summed E-state index contributed by atoms with van der Waals surface area (Å²) in [5, 5.41) is 30.6. The molecule has 0 aliphatic carbocycles. The van der Waals surface area contributed by atoms with E-state index in [1.807, 2.05) is 13.0 Å². The van der Waals surface area contributed by atoms with Crippen molar-refractivity contribution in [2.24, 2.45) is 13.0 Å². The van der Waals surface area contributed by atoms with Gasteiger partial charge in [-0.3, -0.25) is 9.69 Å². The van der Waals surface area contributed by atoms with Crippen molar-refractivity contribution in [3.63, 3.8) is 0 Å². The first kappa shape index (κ1) is 22.3. The summed E-state index contributed by atoms with van der Waals surface area (Å²) in [5.41, 5.74) is 6.46. The molecule has 2 aromatic heterocycles. The van der Waals surface area contributed by atoms with Gasteiger partial charge in [-0.25, -0.2) is 0 Å². The van der Waals surface area contributed by atoms with E-state index in [0.29, 0.717) is 5.69 Å². The standard InChI is InChI=1S/C26H33N3O4/c1-14-17(9-21(27-14)25(33)8-15(32)12-30)18-10-24-26-19(11-23(28(24)2)20(18)13-31)16-6-4-5-7-22(16)29(26)3/h4-7,9,15,18,20,23-24,27,30-32H,8,10-13H2,1-3H3/t15?,18-,20+,23-,24-/m0/s1. The van der Waals surface area contributed by atoms with Crippen molar-refractivity contribution in [1.29, 1.82) is 0 Å². The molecule has 1 unspecified atom stereocenters. The average Bonchev–Trinajstić information content (AvgIpc) is 3.32. The molecular formula is C26H33N3O4. The Balaban J connectivity index is 1.54. The summed E-state index contributed by atoms with van der Waals surface area (Å²) >= 11 is 0. The number of aliphatic hydroxyl groups is 3. The molecule has 1 fully saturated rings. The number of piperidine rings is 1. The molecule has 2 bridgehead atoms. The molecule has 7 heteroatoms. The third kappa shape index (κ3) is 3.46. The average molecular weight is 452 g/mol. The third-order valence-electron chi connectivity index (χ3n) is 8.09. The second-order valence-corrected chi connectivity index (χ2v) is 9.81. The number of aromatic amines is 1. The number of nitrogens with zero attached hydrogens (tertiary/aromatic N) is 2. The lowest BCUT2D eigenvalue weighted by molar-refractivity contribution is 0.00513. The van der Waals surface area contributed by atoms with Gasteiger partial charge in [0.2, 0.25) is 0 Å². The number of fused-ring (bicyclic) bond motifs is 6. The number of ketones is 1. The lowest BCUT2D eigenvalue weighted by Crippen LogP contribution is -2.53. The van der Waals surface area contributed by atoms with E-state index in [2.05, 4.69) is 52.8 Å². The van der Waals surface area contributed by atoms with Crippen LogP contribution in [-0.4, -0.2) is 68.0 Å². The fourth-order valence-electron chi connectivity index (χ4n) is 6.43. The molecule has 4 N–H and O–H groups in total. The van der Waals surface area contributed by atoms with Gasteiger partial charge in [-0.05, 0) is 56.0 Å². The molecule has 3 aromatic rings. The van der Waals surface area contributed by atoms with Gasteiger partial charge < -0.3 is 24.9 Å². The Hall–Kier alpha value is -2.45. The quantitative estimate of drug-likeness (QED) is 0.431. The zero-order valence-electron chi connectivity index (χ0n) is 19.5. The summed E-state index contributed by atoms with van der Waals surface area (Å²) in [5.74, 6) is -0.0395. The minimum Gasteiger partial charge on any atom is -0.396 e. The van der Waals surface area contributed by atoms with Crippen LogP contribution in [0.5, 0.6) is 0 Å². The number of likely N-dealkylation sites (N-methyl/N-ethyl adjacent to an activating group) is 1. The van der Waals surface area contributed by atoms with Gasteiger partial charge in [0.05, 0.1) is 24.4 Å². The molecule has 2 aliphatic rings. The van der Waals surface area contributed by atoms with Gasteiger partial charge in [0.25, 0.3) is 0 Å². The first-order valence-electron chi connectivity index (χ1n) is 11.8. The summed E-state index contributed by atoms with van der Waals surface area (Å²) in [6.45, 7) is 1.62. The monoisotopic (exact) mass is 451 g/mol. The predicted octanol–water partition coefficient (Wildman–Crippen LogP) is 2.43. The van der Waals surface area contributed by atoms with Crippen LogP contribution in [0.3, 0.4) is 0 Å². The number of aromatic nitrogens is 2. The third-order valence-corrected chi connectivity index (χ3v) is 8.09. The molecule has 1 saturated heterocycles. The maximum absolute atomic E-state index is 12.6. The van der Waals surface area contributed by atoms with Crippen LogP contribution in [0, 0.1) is 12.8 Å². The van der Waals surface area contributed by atoms with Crippen molar-refractivity contribution in [2.45, 2.75) is 50.3 Å². The predicted molar refractivity (Wildman–Crippen MR) is 126 cm³/mol. The minimum absolute atomic E-state index is 0.0545. The van der Waals surface area contributed by atoms with E-state index < -0.39 is 12.7 Å². The van der Waals surface area contributed by atoms with Gasteiger partial charge in [-0.2, -0.15) is 0 Å². The first-order valence-corrected chi connectivity index (χ1v) is 11.8. The minimum atomic E-state index is -1.05. The van der Waals surface area contributed by atoms with Crippen LogP contribution in [0.1, 0.15) is 57.8 Å². The fourth-order valence-corrected chi connectivity index (χ4v) is 6.43. The number of aliphatic hydroxyl groups excluding tert-OH is 3. The van der Waals surface area contributed by atoms with Crippen molar-refractivity contribution in [2.75, 3.05) is 20.3 Å². The Labute approximate surface area is 193 Å². The topological polar surface area (TPSA) is 102 Å². The van der Waals surface area contributed by atoms with Gasteiger partial charge in [0.15, 0.2) is 5.78 Å². The molecule has 4 heterocycles. The number of rotatable bonds is 6. The molecule has 5 rings (SSSR count). The number of nitrogens with one attached hydrogen (secondary N) is 1. The number of para-hydroxylation sites is 1. The molecule has 33 heavy (non-hydrogen) atoms. The second kappa shape index (κ2) is 8.40. The molecule has 0 amide bonds. The van der Waals surface area contributed by atoms with E-state index in [4.69, 9.17) is 5.11 Å². The van der Waals surface area contributed by atoms with Crippen LogP contribution in [0.15, 0.2) is 30.3 Å². The molecule has 7 nitrogen and oxygen atoms in total. The number of hydrogen-bond donors (Lipinski definition) is 4. The van der Waals surface area contributed by atoms with Crippen LogP contribution in [0.2, 0.25) is 0 Å². The Morgan fingerprint density at radius 2 is 2.00 bits per heavy atom. The van der Waals surface area contributed by atoms with Gasteiger partial charge in [-0.15, -0.1) is 0 Å². The second-order valence-electron chi connectivity index (χ2n) is 9.81. The number of carbonyl (C=O) groups is 1. The zero-order valence-corrected chi connectivity index (χ0v) is 19.5. The summed E-state index contributed by atoms with van der Waals surface area (Å²) < 4.78 is 2.33. The summed E-state index contributed by atoms with van der Waals surface area (Å²) in [6.07, 6.45) is 0.587. The van der Waals surface area contributed by atoms with Crippen LogP contribution in [0.4, 0.5) is 0 Å². The normalized spacial score (nSPS) is 25.9. The molecule has 176 valence electrons. The van der Waals surface area contributed by atoms with Crippen molar-refractivity contribution in [3.05, 3.63) is 58.5 Å².